The van der Waals surface area contributed by atoms with Crippen LogP contribution in [-0.2, 0) is 9.53 Å². The fraction of sp³-hybridized carbons (Fsp3) is 0.421. The summed E-state index contributed by atoms with van der Waals surface area (Å²) in [6.45, 7) is 1.52. The normalized spacial score (nSPS) is 20.2. The van der Waals surface area contributed by atoms with E-state index in [2.05, 4.69) is 0 Å². The topological polar surface area (TPSA) is 75.8 Å². The molecule has 3 N–H and O–H groups in total. The molecule has 1 aromatic heterocycles. The summed E-state index contributed by atoms with van der Waals surface area (Å²) in [6, 6.07) is 13.1. The van der Waals surface area contributed by atoms with Gasteiger partial charge in [0.2, 0.25) is 5.91 Å². The molecule has 0 aliphatic carbocycles. The quantitative estimate of drug-likeness (QED) is 0.830. The number of morpholine rings is 1. The number of carbonyl (C=O) groups excluding carboxylic acids is 1. The van der Waals surface area contributed by atoms with Crippen molar-refractivity contribution in [3.8, 4) is 0 Å². The highest BCUT2D eigenvalue weighted by molar-refractivity contribution is 7.10. The van der Waals surface area contributed by atoms with Crippen molar-refractivity contribution in [2.75, 3.05) is 19.8 Å². The van der Waals surface area contributed by atoms with Crippen LogP contribution in [0.5, 0.6) is 0 Å². The minimum Gasteiger partial charge on any atom is -0.387 e. The monoisotopic (exact) mass is 360 g/mol. The zero-order valence-corrected chi connectivity index (χ0v) is 14.9. The molecule has 2 aromatic rings. The van der Waals surface area contributed by atoms with Gasteiger partial charge in [0, 0.05) is 30.3 Å². The van der Waals surface area contributed by atoms with Crippen molar-refractivity contribution in [3.05, 3.63) is 58.3 Å². The molecular formula is C19H24N2O3S. The second kappa shape index (κ2) is 8.58. The molecule has 0 radical (unpaired) electrons. The molecule has 1 fully saturated rings. The van der Waals surface area contributed by atoms with E-state index >= 15 is 0 Å². The summed E-state index contributed by atoms with van der Waals surface area (Å²) in [5, 5.41) is 12.4. The van der Waals surface area contributed by atoms with Crippen LogP contribution in [0, 0.1) is 0 Å². The number of carbonyl (C=O) groups is 1. The summed E-state index contributed by atoms with van der Waals surface area (Å²) in [5.41, 5.74) is 7.16. The van der Waals surface area contributed by atoms with Gasteiger partial charge in [0.05, 0.1) is 25.4 Å². The number of nitrogens with two attached hydrogens (primary N) is 1. The van der Waals surface area contributed by atoms with Gasteiger partial charge in [-0.05, 0) is 17.0 Å². The molecule has 25 heavy (non-hydrogen) atoms. The van der Waals surface area contributed by atoms with Gasteiger partial charge in [0.15, 0.2) is 0 Å². The number of thiophene rings is 1. The fourth-order valence-electron chi connectivity index (χ4n) is 3.16. The van der Waals surface area contributed by atoms with Crippen molar-refractivity contribution in [1.29, 1.82) is 0 Å². The number of aliphatic hydroxyl groups excluding tert-OH is 1. The first-order chi connectivity index (χ1) is 12.1. The minimum absolute atomic E-state index is 0.0167. The van der Waals surface area contributed by atoms with Gasteiger partial charge >= 0.3 is 0 Å². The predicted octanol–water partition coefficient (Wildman–Crippen LogP) is 2.49. The highest BCUT2D eigenvalue weighted by Crippen LogP contribution is 2.27. The first-order valence-electron chi connectivity index (χ1n) is 8.54. The molecule has 3 unspecified atom stereocenters. The van der Waals surface area contributed by atoms with E-state index in [0.717, 1.165) is 10.4 Å². The Morgan fingerprint density at radius 2 is 2.12 bits per heavy atom. The van der Waals surface area contributed by atoms with E-state index in [0.29, 0.717) is 26.2 Å². The molecular weight excluding hydrogens is 336 g/mol. The molecule has 0 bridgehead atoms. The molecule has 1 aliphatic heterocycles. The van der Waals surface area contributed by atoms with Crippen LogP contribution in [0.15, 0.2) is 47.8 Å². The molecule has 2 heterocycles. The van der Waals surface area contributed by atoms with Gasteiger partial charge in [-0.3, -0.25) is 4.79 Å². The molecule has 0 saturated carbocycles. The predicted molar refractivity (Wildman–Crippen MR) is 98.2 cm³/mol. The number of nitrogens with zero attached hydrogens (tertiary/aromatic N) is 1. The second-order valence-corrected chi connectivity index (χ2v) is 7.28. The number of benzene rings is 1. The maximum absolute atomic E-state index is 12.8. The van der Waals surface area contributed by atoms with Crippen molar-refractivity contribution >= 4 is 17.2 Å². The lowest BCUT2D eigenvalue weighted by Gasteiger charge is -2.37. The third-order valence-corrected chi connectivity index (χ3v) is 5.51. The Morgan fingerprint density at radius 3 is 2.84 bits per heavy atom. The lowest BCUT2D eigenvalue weighted by Crippen LogP contribution is -2.49. The number of rotatable bonds is 6. The summed E-state index contributed by atoms with van der Waals surface area (Å²) in [6.07, 6.45) is 0.160. The second-order valence-electron chi connectivity index (χ2n) is 6.30. The van der Waals surface area contributed by atoms with Crippen LogP contribution >= 0.6 is 11.3 Å². The highest BCUT2D eigenvalue weighted by Gasteiger charge is 2.30. The molecule has 3 atom stereocenters. The van der Waals surface area contributed by atoms with Crippen LogP contribution < -0.4 is 5.73 Å². The molecule has 0 spiro atoms. The van der Waals surface area contributed by atoms with E-state index in [9.17, 15) is 9.90 Å². The molecule has 1 aromatic carbocycles. The van der Waals surface area contributed by atoms with Crippen molar-refractivity contribution in [3.63, 3.8) is 0 Å². The number of hydrogen-bond acceptors (Lipinski definition) is 5. The summed E-state index contributed by atoms with van der Waals surface area (Å²) >= 11 is 1.52. The zero-order chi connectivity index (χ0) is 17.6. The van der Waals surface area contributed by atoms with E-state index in [-0.39, 0.29) is 24.4 Å². The summed E-state index contributed by atoms with van der Waals surface area (Å²) < 4.78 is 5.54. The smallest absolute Gasteiger partial charge is 0.224 e. The van der Waals surface area contributed by atoms with Crippen LogP contribution in [0.3, 0.4) is 0 Å². The molecule has 3 rings (SSSR count). The Balaban J connectivity index is 1.62. The van der Waals surface area contributed by atoms with Gasteiger partial charge in [-0.2, -0.15) is 0 Å². The van der Waals surface area contributed by atoms with Crippen LogP contribution in [0.1, 0.15) is 35.4 Å². The summed E-state index contributed by atoms with van der Waals surface area (Å²) in [7, 11) is 0. The lowest BCUT2D eigenvalue weighted by atomic mass is 10.0. The van der Waals surface area contributed by atoms with Crippen molar-refractivity contribution in [2.24, 2.45) is 5.73 Å². The van der Waals surface area contributed by atoms with Gasteiger partial charge in [0.1, 0.15) is 0 Å². The maximum Gasteiger partial charge on any atom is 0.224 e. The molecule has 1 saturated heterocycles. The van der Waals surface area contributed by atoms with Gasteiger partial charge in [-0.15, -0.1) is 11.3 Å². The van der Waals surface area contributed by atoms with Gasteiger partial charge in [-0.25, -0.2) is 0 Å². The minimum atomic E-state index is -0.579. The first kappa shape index (κ1) is 18.1. The van der Waals surface area contributed by atoms with Crippen LogP contribution in [0.2, 0.25) is 0 Å². The van der Waals surface area contributed by atoms with Crippen molar-refractivity contribution in [1.82, 2.24) is 4.90 Å². The third-order valence-electron chi connectivity index (χ3n) is 4.54. The van der Waals surface area contributed by atoms with E-state index in [4.69, 9.17) is 10.5 Å². The average molecular weight is 360 g/mol. The summed E-state index contributed by atoms with van der Waals surface area (Å²) in [5.74, 6) is 0.0167. The number of amides is 1. The van der Waals surface area contributed by atoms with Crippen molar-refractivity contribution < 1.29 is 14.6 Å². The van der Waals surface area contributed by atoms with E-state index in [1.54, 1.807) is 0 Å². The lowest BCUT2D eigenvalue weighted by molar-refractivity contribution is -0.141. The van der Waals surface area contributed by atoms with E-state index < -0.39 is 6.10 Å². The molecule has 134 valence electrons. The van der Waals surface area contributed by atoms with Crippen LogP contribution in [0.25, 0.3) is 0 Å². The number of hydrogen-bond donors (Lipinski definition) is 2. The molecule has 1 aliphatic rings. The Bertz CT molecular complexity index is 663. The van der Waals surface area contributed by atoms with Crippen LogP contribution in [-0.4, -0.2) is 41.7 Å². The summed E-state index contributed by atoms with van der Waals surface area (Å²) in [4.78, 5) is 15.5. The standard InChI is InChI=1S/C19H24N2O3S/c20-16(14-5-2-1-3-6-14)12-19(23)21-8-9-24-13-15(21)11-17(22)18-7-4-10-25-18/h1-7,10,15-17,22H,8-9,11-13,20H2. The Hall–Kier alpha value is -1.73. The van der Waals surface area contributed by atoms with Gasteiger partial charge < -0.3 is 20.5 Å². The molecule has 5 nitrogen and oxygen atoms in total. The Morgan fingerprint density at radius 1 is 1.32 bits per heavy atom. The zero-order valence-electron chi connectivity index (χ0n) is 14.1. The maximum atomic E-state index is 12.8. The highest BCUT2D eigenvalue weighted by atomic mass is 32.1. The Kier molecular flexibility index (Phi) is 6.20. The number of ether oxygens (including phenoxy) is 1. The average Bonchev–Trinajstić information content (AvgIpc) is 3.17. The van der Waals surface area contributed by atoms with Gasteiger partial charge in [-0.1, -0.05) is 36.4 Å². The van der Waals surface area contributed by atoms with E-state index in [1.807, 2.05) is 52.7 Å². The SMILES string of the molecule is NC(CC(=O)N1CCOCC1CC(O)c1cccs1)c1ccccc1. The molecule has 1 amide bonds. The van der Waals surface area contributed by atoms with Gasteiger partial charge in [0.25, 0.3) is 0 Å². The fourth-order valence-corrected chi connectivity index (χ4v) is 3.88. The third kappa shape index (κ3) is 4.67. The first-order valence-corrected chi connectivity index (χ1v) is 9.42. The molecule has 6 heteroatoms. The Labute approximate surface area is 152 Å². The van der Waals surface area contributed by atoms with Crippen LogP contribution in [0.4, 0.5) is 0 Å². The van der Waals surface area contributed by atoms with Crippen molar-refractivity contribution in [2.45, 2.75) is 31.0 Å². The van der Waals surface area contributed by atoms with E-state index in [1.165, 1.54) is 11.3 Å². The number of aliphatic hydroxyl groups is 1. The largest absolute Gasteiger partial charge is 0.387 e.